The summed E-state index contributed by atoms with van der Waals surface area (Å²) in [7, 11) is 0. The summed E-state index contributed by atoms with van der Waals surface area (Å²) in [6.45, 7) is -1.07. The van der Waals surface area contributed by atoms with Crippen LogP contribution in [0.5, 0.6) is 11.5 Å². The molecule has 4 fully saturated rings. The lowest BCUT2D eigenvalue weighted by Gasteiger charge is -2.56. The quantitative estimate of drug-likeness (QED) is 0.570. The fourth-order valence-corrected chi connectivity index (χ4v) is 3.80. The van der Waals surface area contributed by atoms with Crippen molar-refractivity contribution < 1.29 is 47.9 Å². The zero-order valence-corrected chi connectivity index (χ0v) is 15.9. The van der Waals surface area contributed by atoms with E-state index in [2.05, 4.69) is 0 Å². The maximum Gasteiger partial charge on any atom is 0.514 e. The van der Waals surface area contributed by atoms with Gasteiger partial charge in [0, 0.05) is 0 Å². The fraction of sp³-hybridized carbons (Fsp3) is 0.333. The summed E-state index contributed by atoms with van der Waals surface area (Å²) in [6, 6.07) is 16.6. The number of aliphatic hydroxyl groups is 1. The third kappa shape index (κ3) is 3.93. The van der Waals surface area contributed by atoms with Crippen LogP contribution in [0.25, 0.3) is 0 Å². The van der Waals surface area contributed by atoms with Gasteiger partial charge in [-0.3, -0.25) is 0 Å². The van der Waals surface area contributed by atoms with Crippen LogP contribution < -0.4 is 9.47 Å². The number of ether oxygens (including phenoxy) is 7. The van der Waals surface area contributed by atoms with Crippen molar-refractivity contribution in [3.8, 4) is 11.5 Å². The molecule has 1 aliphatic carbocycles. The highest BCUT2D eigenvalue weighted by Crippen LogP contribution is 2.42. The van der Waals surface area contributed by atoms with Crippen molar-refractivity contribution >= 4 is 12.3 Å². The monoisotopic (exact) mass is 430 g/mol. The maximum atomic E-state index is 12.3. The van der Waals surface area contributed by atoms with E-state index in [1.807, 2.05) is 0 Å². The second-order valence-electron chi connectivity index (χ2n) is 7.08. The van der Waals surface area contributed by atoms with Gasteiger partial charge in [-0.1, -0.05) is 36.4 Å². The number of benzene rings is 2. The molecule has 3 heterocycles. The molecule has 31 heavy (non-hydrogen) atoms. The van der Waals surface area contributed by atoms with Gasteiger partial charge in [-0.25, -0.2) is 9.59 Å². The van der Waals surface area contributed by atoms with E-state index < -0.39 is 55.4 Å². The molecule has 10 heteroatoms. The van der Waals surface area contributed by atoms with Gasteiger partial charge in [-0.2, -0.15) is 0 Å². The van der Waals surface area contributed by atoms with E-state index in [0.717, 1.165) is 0 Å². The molecule has 3 aliphatic heterocycles. The van der Waals surface area contributed by atoms with Crippen molar-refractivity contribution in [2.75, 3.05) is 0 Å². The van der Waals surface area contributed by atoms with Crippen LogP contribution >= 0.6 is 0 Å². The largest absolute Gasteiger partial charge is 0.514 e. The number of rotatable bonds is 4. The summed E-state index contributed by atoms with van der Waals surface area (Å²) in [5.41, 5.74) is 0. The molecule has 3 saturated heterocycles. The highest BCUT2D eigenvalue weighted by atomic mass is 16.9. The van der Waals surface area contributed by atoms with Gasteiger partial charge in [-0.05, 0) is 24.3 Å². The van der Waals surface area contributed by atoms with Crippen LogP contribution in [0.2, 0.25) is 0 Å². The third-order valence-corrected chi connectivity index (χ3v) is 5.13. The predicted octanol–water partition coefficient (Wildman–Crippen LogP) is 2.00. The Bertz CT molecular complexity index is 862. The normalized spacial score (nSPS) is 32.9. The first-order valence-electron chi connectivity index (χ1n) is 9.60. The molecule has 1 saturated carbocycles. The first-order chi connectivity index (χ1) is 15.1. The summed E-state index contributed by atoms with van der Waals surface area (Å²) in [4.78, 5) is 24.6. The highest BCUT2D eigenvalue weighted by Gasteiger charge is 2.65. The minimum atomic E-state index is -1.24. The molecule has 7 atom stereocenters. The van der Waals surface area contributed by atoms with Crippen molar-refractivity contribution in [2.24, 2.45) is 0 Å². The van der Waals surface area contributed by atoms with Gasteiger partial charge in [0.15, 0.2) is 12.2 Å². The summed E-state index contributed by atoms with van der Waals surface area (Å²) >= 11 is 0. The number of carbonyl (C=O) groups excluding carboxylic acids is 2. The SMILES string of the molecule is O=C(Oc1ccccc1)O[C@@H]1C2OC3O[C@@H]1C(O)[C@H](O3)[C@@H]2OC(=O)Oc1ccccc1. The molecule has 2 aromatic carbocycles. The number of hydrogen-bond acceptors (Lipinski definition) is 10. The smallest absolute Gasteiger partial charge is 0.425 e. The molecule has 0 aromatic heterocycles. The van der Waals surface area contributed by atoms with Crippen LogP contribution in [0.4, 0.5) is 9.59 Å². The average molecular weight is 430 g/mol. The van der Waals surface area contributed by atoms with E-state index in [1.54, 1.807) is 60.7 Å². The van der Waals surface area contributed by atoms with E-state index >= 15 is 0 Å². The van der Waals surface area contributed by atoms with Crippen molar-refractivity contribution in [1.29, 1.82) is 0 Å². The summed E-state index contributed by atoms with van der Waals surface area (Å²) in [6.07, 6.45) is -8.29. The highest BCUT2D eigenvalue weighted by molar-refractivity contribution is 5.65. The molecule has 2 aromatic rings. The van der Waals surface area contributed by atoms with Crippen molar-refractivity contribution in [3.63, 3.8) is 0 Å². The second-order valence-corrected chi connectivity index (χ2v) is 7.08. The van der Waals surface area contributed by atoms with Gasteiger partial charge in [0.05, 0.1) is 0 Å². The molecule has 1 N–H and O–H groups in total. The topological polar surface area (TPSA) is 119 Å². The first kappa shape index (κ1) is 19.8. The lowest BCUT2D eigenvalue weighted by Crippen LogP contribution is -2.76. The van der Waals surface area contributed by atoms with Gasteiger partial charge in [-0.15, -0.1) is 0 Å². The Labute approximate surface area is 176 Å². The Kier molecular flexibility index (Phi) is 5.20. The molecule has 4 bridgehead atoms. The third-order valence-electron chi connectivity index (χ3n) is 5.13. The molecular formula is C21H18O10. The molecule has 0 amide bonds. The van der Waals surface area contributed by atoms with E-state index in [9.17, 15) is 14.7 Å². The van der Waals surface area contributed by atoms with Gasteiger partial charge < -0.3 is 38.3 Å². The van der Waals surface area contributed by atoms with Crippen molar-refractivity contribution in [2.45, 2.75) is 43.1 Å². The summed E-state index contributed by atoms with van der Waals surface area (Å²) < 4.78 is 37.5. The van der Waals surface area contributed by atoms with Crippen LogP contribution in [0.3, 0.4) is 0 Å². The summed E-state index contributed by atoms with van der Waals surface area (Å²) in [5.74, 6) is 0.558. The molecule has 3 unspecified atom stereocenters. The first-order valence-corrected chi connectivity index (χ1v) is 9.60. The van der Waals surface area contributed by atoms with Crippen molar-refractivity contribution in [1.82, 2.24) is 0 Å². The molecule has 4 aliphatic rings. The molecule has 6 rings (SSSR count). The van der Waals surface area contributed by atoms with Crippen LogP contribution in [0.15, 0.2) is 60.7 Å². The van der Waals surface area contributed by atoms with E-state index in [1.165, 1.54) is 0 Å². The molecule has 10 nitrogen and oxygen atoms in total. The number of carbonyl (C=O) groups is 2. The molecule has 0 radical (unpaired) electrons. The van der Waals surface area contributed by atoms with E-state index in [0.29, 0.717) is 0 Å². The fourth-order valence-electron chi connectivity index (χ4n) is 3.80. The zero-order chi connectivity index (χ0) is 21.4. The van der Waals surface area contributed by atoms with Gasteiger partial charge in [0.25, 0.3) is 6.48 Å². The van der Waals surface area contributed by atoms with Crippen molar-refractivity contribution in [3.05, 3.63) is 60.7 Å². The van der Waals surface area contributed by atoms with Gasteiger partial charge >= 0.3 is 12.3 Å². The van der Waals surface area contributed by atoms with Gasteiger partial charge in [0.2, 0.25) is 0 Å². The Balaban J connectivity index is 1.29. The predicted molar refractivity (Wildman–Crippen MR) is 99.1 cm³/mol. The number of hydrogen-bond donors (Lipinski definition) is 1. The lowest BCUT2D eigenvalue weighted by atomic mass is 9.82. The van der Waals surface area contributed by atoms with E-state index in [-0.39, 0.29) is 11.5 Å². The number of aliphatic hydroxyl groups excluding tert-OH is 1. The average Bonchev–Trinajstić information content (AvgIpc) is 2.77. The van der Waals surface area contributed by atoms with Gasteiger partial charge in [0.1, 0.15) is 35.9 Å². The maximum absolute atomic E-state index is 12.3. The minimum Gasteiger partial charge on any atom is -0.425 e. The van der Waals surface area contributed by atoms with Crippen LogP contribution in [0.1, 0.15) is 0 Å². The Morgan fingerprint density at radius 1 is 0.677 bits per heavy atom. The van der Waals surface area contributed by atoms with Crippen LogP contribution in [0, 0.1) is 0 Å². The molecule has 162 valence electrons. The van der Waals surface area contributed by atoms with Crippen LogP contribution in [-0.4, -0.2) is 60.5 Å². The number of para-hydroxylation sites is 2. The van der Waals surface area contributed by atoms with Crippen LogP contribution in [-0.2, 0) is 23.7 Å². The molecular weight excluding hydrogens is 412 g/mol. The summed E-state index contributed by atoms with van der Waals surface area (Å²) in [5, 5.41) is 10.6. The Hall–Kier alpha value is -3.18. The zero-order valence-electron chi connectivity index (χ0n) is 15.9. The standard InChI is InChI=1S/C21H18O10/c22-13-14-16(27-19(23)25-11-7-3-1-4-8-11)18-17(15(13)30-21(29-14)31-18)28-20(24)26-12-9-5-2-6-10-12/h1-10,13-18,21-22H/t13?,14-,15+,16-,17-,18?,21?/m0/s1. The Morgan fingerprint density at radius 3 is 1.55 bits per heavy atom. The minimum absolute atomic E-state index is 0.279. The molecule has 0 spiro atoms. The lowest BCUT2D eigenvalue weighted by molar-refractivity contribution is -0.480. The van der Waals surface area contributed by atoms with E-state index in [4.69, 9.17) is 33.2 Å². The Morgan fingerprint density at radius 2 is 1.10 bits per heavy atom. The second kappa shape index (κ2) is 8.16.